The van der Waals surface area contributed by atoms with Gasteiger partial charge in [-0.3, -0.25) is 4.79 Å². The molecule has 1 aromatic carbocycles. The molecule has 1 aliphatic rings. The number of hydrogen-bond donors (Lipinski definition) is 1. The van der Waals surface area contributed by atoms with Gasteiger partial charge >= 0.3 is 0 Å². The van der Waals surface area contributed by atoms with Crippen LogP contribution < -0.4 is 5.32 Å². The van der Waals surface area contributed by atoms with Gasteiger partial charge in [-0.15, -0.1) is 0 Å². The SMILES string of the molecule is CC(=O)Nc1ccc2c(c1C)CCCC2. The largest absolute Gasteiger partial charge is 0.326 e. The van der Waals surface area contributed by atoms with Crippen LogP contribution in [0.3, 0.4) is 0 Å². The molecule has 0 atom stereocenters. The molecule has 1 N–H and O–H groups in total. The molecule has 1 aliphatic carbocycles. The fraction of sp³-hybridized carbons (Fsp3) is 0.462. The van der Waals surface area contributed by atoms with Crippen LogP contribution in [0.25, 0.3) is 0 Å². The molecule has 80 valence electrons. The van der Waals surface area contributed by atoms with E-state index in [0.29, 0.717) is 0 Å². The minimum Gasteiger partial charge on any atom is -0.326 e. The lowest BCUT2D eigenvalue weighted by atomic mass is 9.88. The van der Waals surface area contributed by atoms with Gasteiger partial charge in [-0.2, -0.15) is 0 Å². The summed E-state index contributed by atoms with van der Waals surface area (Å²) in [5, 5.41) is 2.88. The van der Waals surface area contributed by atoms with E-state index in [1.807, 2.05) is 6.07 Å². The van der Waals surface area contributed by atoms with E-state index >= 15 is 0 Å². The molecule has 0 aliphatic heterocycles. The lowest BCUT2D eigenvalue weighted by Gasteiger charge is -2.20. The molecule has 2 rings (SSSR count). The Labute approximate surface area is 90.7 Å². The van der Waals surface area contributed by atoms with Gasteiger partial charge in [0.1, 0.15) is 0 Å². The number of hydrogen-bond acceptors (Lipinski definition) is 1. The van der Waals surface area contributed by atoms with Crippen molar-refractivity contribution in [1.29, 1.82) is 0 Å². The zero-order chi connectivity index (χ0) is 10.8. The van der Waals surface area contributed by atoms with Crippen molar-refractivity contribution >= 4 is 11.6 Å². The van der Waals surface area contributed by atoms with Gasteiger partial charge in [0.2, 0.25) is 5.91 Å². The molecule has 2 nitrogen and oxygen atoms in total. The summed E-state index contributed by atoms with van der Waals surface area (Å²) in [6, 6.07) is 4.19. The summed E-state index contributed by atoms with van der Waals surface area (Å²) in [5.41, 5.74) is 5.14. The molecule has 1 aromatic rings. The second kappa shape index (κ2) is 4.05. The highest BCUT2D eigenvalue weighted by molar-refractivity contribution is 5.89. The van der Waals surface area contributed by atoms with Gasteiger partial charge < -0.3 is 5.32 Å². The summed E-state index contributed by atoms with van der Waals surface area (Å²) < 4.78 is 0. The zero-order valence-electron chi connectivity index (χ0n) is 9.39. The van der Waals surface area contributed by atoms with E-state index in [1.54, 1.807) is 6.92 Å². The van der Waals surface area contributed by atoms with E-state index < -0.39 is 0 Å². The number of benzene rings is 1. The molecule has 0 saturated carbocycles. The van der Waals surface area contributed by atoms with E-state index in [1.165, 1.54) is 36.0 Å². The summed E-state index contributed by atoms with van der Waals surface area (Å²) in [7, 11) is 0. The number of carbonyl (C=O) groups excluding carboxylic acids is 1. The van der Waals surface area contributed by atoms with E-state index in [4.69, 9.17) is 0 Å². The van der Waals surface area contributed by atoms with Crippen LogP contribution in [0.4, 0.5) is 5.69 Å². The fourth-order valence-electron chi connectivity index (χ4n) is 2.34. The average molecular weight is 203 g/mol. The molecule has 0 aromatic heterocycles. The number of aryl methyl sites for hydroxylation is 1. The van der Waals surface area contributed by atoms with E-state index in [0.717, 1.165) is 12.1 Å². The second-order valence-electron chi connectivity index (χ2n) is 4.26. The number of carbonyl (C=O) groups is 1. The Hall–Kier alpha value is -1.31. The predicted octanol–water partition coefficient (Wildman–Crippen LogP) is 2.83. The Bertz CT molecular complexity index is 396. The maximum absolute atomic E-state index is 11.0. The highest BCUT2D eigenvalue weighted by atomic mass is 16.1. The van der Waals surface area contributed by atoms with Gasteiger partial charge in [-0.25, -0.2) is 0 Å². The Kier molecular flexibility index (Phi) is 2.76. The third-order valence-corrected chi connectivity index (χ3v) is 3.13. The molecule has 0 fully saturated rings. The van der Waals surface area contributed by atoms with Gasteiger partial charge in [0.05, 0.1) is 0 Å². The standard InChI is InChI=1S/C13H17NO/c1-9-12-6-4-3-5-11(12)7-8-13(9)14-10(2)15/h7-8H,3-6H2,1-2H3,(H,14,15). The molecular weight excluding hydrogens is 186 g/mol. The van der Waals surface area contributed by atoms with Gasteiger partial charge in [0, 0.05) is 12.6 Å². The van der Waals surface area contributed by atoms with Crippen molar-refractivity contribution in [2.45, 2.75) is 39.5 Å². The van der Waals surface area contributed by atoms with Crippen LogP contribution in [0.2, 0.25) is 0 Å². The molecule has 2 heteroatoms. The van der Waals surface area contributed by atoms with Crippen LogP contribution in [-0.2, 0) is 17.6 Å². The monoisotopic (exact) mass is 203 g/mol. The maximum atomic E-state index is 11.0. The fourth-order valence-corrected chi connectivity index (χ4v) is 2.34. The number of anilines is 1. The van der Waals surface area contributed by atoms with Crippen molar-refractivity contribution in [1.82, 2.24) is 0 Å². The number of amides is 1. The third kappa shape index (κ3) is 2.04. The van der Waals surface area contributed by atoms with Crippen molar-refractivity contribution in [2.75, 3.05) is 5.32 Å². The van der Waals surface area contributed by atoms with Crippen molar-refractivity contribution in [2.24, 2.45) is 0 Å². The van der Waals surface area contributed by atoms with Crippen molar-refractivity contribution < 1.29 is 4.79 Å². The van der Waals surface area contributed by atoms with E-state index in [2.05, 4.69) is 18.3 Å². The minimum absolute atomic E-state index is 0.00820. The number of nitrogens with one attached hydrogen (secondary N) is 1. The smallest absolute Gasteiger partial charge is 0.221 e. The third-order valence-electron chi connectivity index (χ3n) is 3.13. The van der Waals surface area contributed by atoms with Gasteiger partial charge in [-0.05, 0) is 55.4 Å². The quantitative estimate of drug-likeness (QED) is 0.747. The Balaban J connectivity index is 2.38. The lowest BCUT2D eigenvalue weighted by molar-refractivity contribution is -0.114. The molecule has 1 amide bonds. The molecular formula is C13H17NO. The summed E-state index contributed by atoms with van der Waals surface area (Å²) in [5.74, 6) is 0.00820. The Morgan fingerprint density at radius 1 is 1.27 bits per heavy atom. The van der Waals surface area contributed by atoms with Crippen LogP contribution in [-0.4, -0.2) is 5.91 Å². The maximum Gasteiger partial charge on any atom is 0.221 e. The molecule has 0 bridgehead atoms. The first-order chi connectivity index (χ1) is 7.18. The van der Waals surface area contributed by atoms with Gasteiger partial charge in [0.25, 0.3) is 0 Å². The van der Waals surface area contributed by atoms with Gasteiger partial charge in [0.15, 0.2) is 0 Å². The topological polar surface area (TPSA) is 29.1 Å². The van der Waals surface area contributed by atoms with Crippen LogP contribution in [0.15, 0.2) is 12.1 Å². The van der Waals surface area contributed by atoms with Crippen LogP contribution in [0.5, 0.6) is 0 Å². The van der Waals surface area contributed by atoms with Crippen molar-refractivity contribution in [3.8, 4) is 0 Å². The Morgan fingerprint density at radius 2 is 2.00 bits per heavy atom. The van der Waals surface area contributed by atoms with E-state index in [-0.39, 0.29) is 5.91 Å². The summed E-state index contributed by atoms with van der Waals surface area (Å²) in [6.07, 6.45) is 4.93. The summed E-state index contributed by atoms with van der Waals surface area (Å²) in [4.78, 5) is 11.0. The van der Waals surface area contributed by atoms with Crippen molar-refractivity contribution in [3.63, 3.8) is 0 Å². The van der Waals surface area contributed by atoms with Crippen LogP contribution in [0, 0.1) is 6.92 Å². The molecule has 0 saturated heterocycles. The number of fused-ring (bicyclic) bond motifs is 1. The Morgan fingerprint density at radius 3 is 2.73 bits per heavy atom. The first kappa shape index (κ1) is 10.2. The first-order valence-corrected chi connectivity index (χ1v) is 5.57. The van der Waals surface area contributed by atoms with Crippen LogP contribution in [0.1, 0.15) is 36.5 Å². The highest BCUT2D eigenvalue weighted by Gasteiger charge is 2.13. The highest BCUT2D eigenvalue weighted by Crippen LogP contribution is 2.28. The molecule has 0 spiro atoms. The lowest BCUT2D eigenvalue weighted by Crippen LogP contribution is -2.11. The number of rotatable bonds is 1. The van der Waals surface area contributed by atoms with Crippen molar-refractivity contribution in [3.05, 3.63) is 28.8 Å². The second-order valence-corrected chi connectivity index (χ2v) is 4.26. The van der Waals surface area contributed by atoms with Gasteiger partial charge in [-0.1, -0.05) is 6.07 Å². The molecule has 0 heterocycles. The first-order valence-electron chi connectivity index (χ1n) is 5.57. The zero-order valence-corrected chi connectivity index (χ0v) is 9.39. The normalized spacial score (nSPS) is 14.5. The van der Waals surface area contributed by atoms with Crippen LogP contribution >= 0.6 is 0 Å². The van der Waals surface area contributed by atoms with E-state index in [9.17, 15) is 4.79 Å². The summed E-state index contributed by atoms with van der Waals surface area (Å²) in [6.45, 7) is 3.66. The predicted molar refractivity (Wildman–Crippen MR) is 62.1 cm³/mol. The minimum atomic E-state index is 0.00820. The summed E-state index contributed by atoms with van der Waals surface area (Å²) >= 11 is 0. The average Bonchev–Trinajstić information content (AvgIpc) is 2.22. The molecule has 0 unspecified atom stereocenters. The molecule has 0 radical (unpaired) electrons. The molecule has 15 heavy (non-hydrogen) atoms.